The predicted octanol–water partition coefficient (Wildman–Crippen LogP) is 2.70. The highest BCUT2D eigenvalue weighted by Crippen LogP contribution is 2.33. The summed E-state index contributed by atoms with van der Waals surface area (Å²) in [5, 5.41) is 9.03. The first-order chi connectivity index (χ1) is 9.00. The number of carbonyl (C=O) groups is 2. The number of carboxylic acid groups (broad SMARTS) is 1. The monoisotopic (exact) mass is 261 g/mol. The lowest BCUT2D eigenvalue weighted by atomic mass is 10.0. The summed E-state index contributed by atoms with van der Waals surface area (Å²) in [4.78, 5) is 25.0. The Kier molecular flexibility index (Phi) is 3.88. The van der Waals surface area contributed by atoms with Gasteiger partial charge >= 0.3 is 5.97 Å². The molecule has 1 aliphatic heterocycles. The topological polar surface area (TPSA) is 57.6 Å². The Morgan fingerprint density at radius 3 is 2.74 bits per heavy atom. The van der Waals surface area contributed by atoms with Crippen LogP contribution in [0.3, 0.4) is 0 Å². The Bertz CT molecular complexity index is 496. The first-order valence-corrected chi connectivity index (χ1v) is 6.64. The van der Waals surface area contributed by atoms with Crippen molar-refractivity contribution >= 4 is 11.9 Å². The molecule has 0 aromatic heterocycles. The molecule has 4 nitrogen and oxygen atoms in total. The third-order valence-electron chi connectivity index (χ3n) is 3.55. The molecule has 0 aliphatic carbocycles. The molecule has 1 unspecified atom stereocenters. The van der Waals surface area contributed by atoms with Crippen LogP contribution in [0.4, 0.5) is 0 Å². The third kappa shape index (κ3) is 2.78. The van der Waals surface area contributed by atoms with Crippen molar-refractivity contribution in [3.8, 4) is 0 Å². The minimum Gasteiger partial charge on any atom is -0.478 e. The summed E-state index contributed by atoms with van der Waals surface area (Å²) in [6.45, 7) is 4.55. The zero-order valence-electron chi connectivity index (χ0n) is 11.3. The van der Waals surface area contributed by atoms with Crippen molar-refractivity contribution in [1.29, 1.82) is 0 Å². The van der Waals surface area contributed by atoms with Crippen LogP contribution >= 0.6 is 0 Å². The standard InChI is InChI=1S/C15H19NO3/c1-10(2)14(17)16-8-4-7-13(16)11-5-3-6-12(9-11)15(18)19/h3,5-6,9-10,13H,4,7-8H2,1-2H3,(H,18,19). The molecule has 0 saturated carbocycles. The van der Waals surface area contributed by atoms with Gasteiger partial charge < -0.3 is 10.0 Å². The molecular formula is C15H19NO3. The fraction of sp³-hybridized carbons (Fsp3) is 0.467. The second kappa shape index (κ2) is 5.43. The van der Waals surface area contributed by atoms with Crippen LogP contribution < -0.4 is 0 Å². The molecule has 0 bridgehead atoms. The van der Waals surface area contributed by atoms with Gasteiger partial charge in [0.2, 0.25) is 5.91 Å². The zero-order valence-corrected chi connectivity index (χ0v) is 11.3. The van der Waals surface area contributed by atoms with E-state index in [1.54, 1.807) is 18.2 Å². The Hall–Kier alpha value is -1.84. The van der Waals surface area contributed by atoms with Crippen LogP contribution in [-0.2, 0) is 4.79 Å². The van der Waals surface area contributed by atoms with Crippen LogP contribution in [0.15, 0.2) is 24.3 Å². The van der Waals surface area contributed by atoms with Gasteiger partial charge in [-0.25, -0.2) is 4.79 Å². The highest BCUT2D eigenvalue weighted by molar-refractivity contribution is 5.87. The predicted molar refractivity (Wildman–Crippen MR) is 71.9 cm³/mol. The van der Waals surface area contributed by atoms with Crippen LogP contribution in [0.25, 0.3) is 0 Å². The summed E-state index contributed by atoms with van der Waals surface area (Å²) in [5.74, 6) is -0.812. The molecule has 1 N–H and O–H groups in total. The second-order valence-electron chi connectivity index (χ2n) is 5.27. The summed E-state index contributed by atoms with van der Waals surface area (Å²) in [7, 11) is 0. The lowest BCUT2D eigenvalue weighted by Crippen LogP contribution is -2.33. The van der Waals surface area contributed by atoms with Gasteiger partial charge in [-0.15, -0.1) is 0 Å². The molecule has 1 heterocycles. The first-order valence-electron chi connectivity index (χ1n) is 6.64. The number of amides is 1. The molecule has 4 heteroatoms. The van der Waals surface area contributed by atoms with Gasteiger partial charge in [0.1, 0.15) is 0 Å². The van der Waals surface area contributed by atoms with E-state index in [2.05, 4.69) is 0 Å². The minimum absolute atomic E-state index is 0.0224. The Balaban J connectivity index is 2.27. The molecule has 1 aromatic carbocycles. The maximum atomic E-state index is 12.2. The quantitative estimate of drug-likeness (QED) is 0.910. The minimum atomic E-state index is -0.929. The van der Waals surface area contributed by atoms with Crippen LogP contribution in [0.1, 0.15) is 48.7 Å². The molecule has 0 radical (unpaired) electrons. The van der Waals surface area contributed by atoms with Gasteiger partial charge in [0.15, 0.2) is 0 Å². The van der Waals surface area contributed by atoms with E-state index in [1.807, 2.05) is 24.8 Å². The van der Waals surface area contributed by atoms with Crippen molar-refractivity contribution in [3.63, 3.8) is 0 Å². The molecule has 1 saturated heterocycles. The van der Waals surface area contributed by atoms with Gasteiger partial charge in [-0.1, -0.05) is 26.0 Å². The summed E-state index contributed by atoms with van der Waals surface area (Å²) < 4.78 is 0. The zero-order chi connectivity index (χ0) is 14.0. The van der Waals surface area contributed by atoms with E-state index in [0.717, 1.165) is 24.9 Å². The van der Waals surface area contributed by atoms with Crippen LogP contribution in [0, 0.1) is 5.92 Å². The fourth-order valence-electron chi connectivity index (χ4n) is 2.59. The third-order valence-corrected chi connectivity index (χ3v) is 3.55. The second-order valence-corrected chi connectivity index (χ2v) is 5.27. The van der Waals surface area contributed by atoms with Crippen molar-refractivity contribution in [3.05, 3.63) is 35.4 Å². The number of hydrogen-bond acceptors (Lipinski definition) is 2. The van der Waals surface area contributed by atoms with Gasteiger partial charge in [-0.05, 0) is 30.5 Å². The number of carbonyl (C=O) groups excluding carboxylic acids is 1. The molecule has 1 atom stereocenters. The highest BCUT2D eigenvalue weighted by Gasteiger charge is 2.31. The van der Waals surface area contributed by atoms with E-state index in [1.165, 1.54) is 0 Å². The van der Waals surface area contributed by atoms with Crippen LogP contribution in [0.5, 0.6) is 0 Å². The maximum Gasteiger partial charge on any atom is 0.335 e. The first kappa shape index (κ1) is 13.6. The van der Waals surface area contributed by atoms with Gasteiger partial charge in [0, 0.05) is 12.5 Å². The molecule has 1 amide bonds. The average molecular weight is 261 g/mol. The van der Waals surface area contributed by atoms with Crippen molar-refractivity contribution < 1.29 is 14.7 Å². The van der Waals surface area contributed by atoms with Crippen molar-refractivity contribution in [1.82, 2.24) is 4.90 Å². The maximum absolute atomic E-state index is 12.2. The summed E-state index contributed by atoms with van der Waals surface area (Å²) in [6, 6.07) is 6.93. The normalized spacial score (nSPS) is 18.9. The number of nitrogens with zero attached hydrogens (tertiary/aromatic N) is 1. The SMILES string of the molecule is CC(C)C(=O)N1CCCC1c1cccc(C(=O)O)c1. The number of likely N-dealkylation sites (tertiary alicyclic amines) is 1. The lowest BCUT2D eigenvalue weighted by Gasteiger charge is -2.27. The molecule has 19 heavy (non-hydrogen) atoms. The highest BCUT2D eigenvalue weighted by atomic mass is 16.4. The van der Waals surface area contributed by atoms with Gasteiger partial charge in [0.25, 0.3) is 0 Å². The van der Waals surface area contributed by atoms with E-state index in [-0.39, 0.29) is 23.4 Å². The Morgan fingerprint density at radius 1 is 1.37 bits per heavy atom. The number of carboxylic acids is 1. The number of hydrogen-bond donors (Lipinski definition) is 1. The average Bonchev–Trinajstić information content (AvgIpc) is 2.86. The summed E-state index contributed by atoms with van der Waals surface area (Å²) >= 11 is 0. The van der Waals surface area contributed by atoms with E-state index in [9.17, 15) is 9.59 Å². The summed E-state index contributed by atoms with van der Waals surface area (Å²) in [5.41, 5.74) is 1.20. The number of rotatable bonds is 3. The molecule has 2 rings (SSSR count). The van der Waals surface area contributed by atoms with E-state index in [0.29, 0.717) is 0 Å². The van der Waals surface area contributed by atoms with E-state index < -0.39 is 5.97 Å². The summed E-state index contributed by atoms with van der Waals surface area (Å²) in [6.07, 6.45) is 1.88. The van der Waals surface area contributed by atoms with E-state index in [4.69, 9.17) is 5.11 Å². The van der Waals surface area contributed by atoms with Crippen LogP contribution in [0.2, 0.25) is 0 Å². The van der Waals surface area contributed by atoms with E-state index >= 15 is 0 Å². The van der Waals surface area contributed by atoms with Crippen molar-refractivity contribution in [2.75, 3.05) is 6.54 Å². The van der Waals surface area contributed by atoms with Gasteiger partial charge in [-0.3, -0.25) is 4.79 Å². The lowest BCUT2D eigenvalue weighted by molar-refractivity contribution is -0.135. The van der Waals surface area contributed by atoms with Crippen molar-refractivity contribution in [2.24, 2.45) is 5.92 Å². The smallest absolute Gasteiger partial charge is 0.335 e. The largest absolute Gasteiger partial charge is 0.478 e. The van der Waals surface area contributed by atoms with Crippen molar-refractivity contribution in [2.45, 2.75) is 32.7 Å². The molecule has 0 spiro atoms. The molecule has 1 aliphatic rings. The Morgan fingerprint density at radius 2 is 2.11 bits per heavy atom. The van der Waals surface area contributed by atoms with Crippen LogP contribution in [-0.4, -0.2) is 28.4 Å². The van der Waals surface area contributed by atoms with Gasteiger partial charge in [0.05, 0.1) is 11.6 Å². The van der Waals surface area contributed by atoms with Gasteiger partial charge in [-0.2, -0.15) is 0 Å². The molecule has 1 aromatic rings. The number of benzene rings is 1. The number of aromatic carboxylic acids is 1. The molecular weight excluding hydrogens is 242 g/mol. The fourth-order valence-corrected chi connectivity index (χ4v) is 2.59. The molecule has 102 valence electrons. The Labute approximate surface area is 113 Å². The molecule has 1 fully saturated rings.